The minimum absolute atomic E-state index is 0. The molecule has 19 heavy (non-hydrogen) atoms. The largest absolute Gasteiger partial charge is 0.457 e. The summed E-state index contributed by atoms with van der Waals surface area (Å²) in [4.78, 5) is 0. The van der Waals surface area contributed by atoms with E-state index in [2.05, 4.69) is 20.6 Å². The van der Waals surface area contributed by atoms with Crippen LogP contribution in [0.5, 0.6) is 0 Å². The maximum atomic E-state index is 8.03. The molecule has 0 aromatic rings. The number of oxime groups is 4. The van der Waals surface area contributed by atoms with Gasteiger partial charge in [-0.2, -0.15) is 0 Å². The fourth-order valence-corrected chi connectivity index (χ4v) is 0.289. The van der Waals surface area contributed by atoms with Crippen LogP contribution in [0, 0.1) is 7.43 Å². The van der Waals surface area contributed by atoms with E-state index in [4.69, 9.17) is 20.8 Å². The Kier molecular flexibility index (Phi) is 29.9. The van der Waals surface area contributed by atoms with Gasteiger partial charge < -0.3 is 33.7 Å². The molecule has 0 aliphatic heterocycles. The normalized spacial score (nSPS) is 12.0. The molecule has 0 heterocycles. The topological polar surface area (TPSA) is 163 Å². The third-order valence-corrected chi connectivity index (χ3v) is 1.65. The smallest absolute Gasteiger partial charge is 0.101 e. The van der Waals surface area contributed by atoms with Crippen LogP contribution in [-0.4, -0.2) is 43.7 Å². The number of hydrogen-bond donors (Lipinski definition) is 4. The van der Waals surface area contributed by atoms with E-state index in [0.717, 1.165) is 0 Å². The van der Waals surface area contributed by atoms with E-state index in [1.807, 2.05) is 0 Å². The summed E-state index contributed by atoms with van der Waals surface area (Å²) >= 11 is 0. The molecule has 9 nitrogen and oxygen atoms in total. The van der Waals surface area contributed by atoms with Crippen LogP contribution >= 0.6 is 0 Å². The Balaban J connectivity index is -0.0000000594. The number of rotatable bonds is 2. The van der Waals surface area contributed by atoms with Crippen molar-refractivity contribution in [1.82, 2.24) is 0 Å². The Labute approximate surface area is 122 Å². The molecular formula is C9H22CoN4O5. The summed E-state index contributed by atoms with van der Waals surface area (Å²) < 4.78 is 0. The molecule has 0 aliphatic rings. The van der Waals surface area contributed by atoms with Gasteiger partial charge in [0.25, 0.3) is 0 Å². The van der Waals surface area contributed by atoms with Crippen LogP contribution < -0.4 is 0 Å². The Hall–Kier alpha value is -1.65. The third-order valence-electron chi connectivity index (χ3n) is 1.65. The first kappa shape index (κ1) is 30.4. The molecule has 0 fully saturated rings. The molecule has 7 N–H and O–H groups in total. The Morgan fingerprint density at radius 2 is 0.684 bits per heavy atom. The number of hydrogen-bond acceptors (Lipinski definition) is 8. The molecular weight excluding hydrogens is 303 g/mol. The van der Waals surface area contributed by atoms with Gasteiger partial charge in [-0.1, -0.05) is 20.6 Å². The fraction of sp³-hybridized carbons (Fsp3) is 0.444. The van der Waals surface area contributed by atoms with E-state index < -0.39 is 0 Å². The summed E-state index contributed by atoms with van der Waals surface area (Å²) in [5, 5.41) is 43.3. The average molecular weight is 325 g/mol. The maximum Gasteiger partial charge on any atom is 0.101 e. The van der Waals surface area contributed by atoms with E-state index in [-0.39, 0.29) is 29.7 Å². The summed E-state index contributed by atoms with van der Waals surface area (Å²) in [6, 6.07) is 0. The summed E-state index contributed by atoms with van der Waals surface area (Å²) in [6.07, 6.45) is 0. The second-order valence-corrected chi connectivity index (χ2v) is 2.74. The van der Waals surface area contributed by atoms with E-state index in [0.29, 0.717) is 22.8 Å². The minimum Gasteiger partial charge on any atom is -0.457 e. The molecule has 0 amide bonds. The number of nitrogens with zero attached hydrogens (tertiary/aromatic N) is 4. The van der Waals surface area contributed by atoms with Crippen LogP contribution in [0.25, 0.3) is 0 Å². The zero-order valence-electron chi connectivity index (χ0n) is 11.5. The van der Waals surface area contributed by atoms with Gasteiger partial charge in [-0.3, -0.25) is 0 Å². The Morgan fingerprint density at radius 1 is 0.579 bits per heavy atom. The van der Waals surface area contributed by atoms with Gasteiger partial charge in [0.2, 0.25) is 0 Å². The molecule has 0 bridgehead atoms. The SMILES string of the molecule is CC(=NO)C(C)=NO.CC(=NO)C(C)=NO.[CH3-].[Co].[OH3+]. The third kappa shape index (κ3) is 16.3. The van der Waals surface area contributed by atoms with E-state index >= 15 is 0 Å². The zero-order valence-corrected chi connectivity index (χ0v) is 12.5. The summed E-state index contributed by atoms with van der Waals surface area (Å²) in [6.45, 7) is 6.15. The molecule has 0 aromatic carbocycles. The van der Waals surface area contributed by atoms with Crippen molar-refractivity contribution in [1.29, 1.82) is 0 Å². The van der Waals surface area contributed by atoms with Gasteiger partial charge >= 0.3 is 0 Å². The van der Waals surface area contributed by atoms with Crippen molar-refractivity contribution in [2.24, 2.45) is 20.6 Å². The monoisotopic (exact) mass is 325 g/mol. The van der Waals surface area contributed by atoms with Crippen molar-refractivity contribution in [3.05, 3.63) is 7.43 Å². The van der Waals surface area contributed by atoms with Crippen molar-refractivity contribution in [3.8, 4) is 0 Å². The Morgan fingerprint density at radius 3 is 0.737 bits per heavy atom. The summed E-state index contributed by atoms with van der Waals surface area (Å²) in [5.41, 5.74) is 1.25. The first-order chi connectivity index (χ1) is 7.44. The molecule has 10 heteroatoms. The summed E-state index contributed by atoms with van der Waals surface area (Å²) in [7, 11) is 0. The van der Waals surface area contributed by atoms with Gasteiger partial charge in [0.05, 0.1) is 0 Å². The van der Waals surface area contributed by atoms with Crippen LogP contribution in [0.15, 0.2) is 20.6 Å². The van der Waals surface area contributed by atoms with Gasteiger partial charge in [0, 0.05) is 16.8 Å². The molecule has 0 unspecified atom stereocenters. The van der Waals surface area contributed by atoms with Crippen LogP contribution in [0.4, 0.5) is 0 Å². The predicted octanol–water partition coefficient (Wildman–Crippen LogP) is 0.899. The van der Waals surface area contributed by atoms with Gasteiger partial charge in [0.1, 0.15) is 22.8 Å². The van der Waals surface area contributed by atoms with Crippen molar-refractivity contribution < 1.29 is 43.1 Å². The first-order valence-corrected chi connectivity index (χ1v) is 4.19. The maximum absolute atomic E-state index is 8.03. The van der Waals surface area contributed by atoms with Crippen LogP contribution in [0.3, 0.4) is 0 Å². The fourth-order valence-electron chi connectivity index (χ4n) is 0.289. The molecule has 0 aromatic heterocycles. The van der Waals surface area contributed by atoms with E-state index in [1.54, 1.807) is 0 Å². The molecule has 117 valence electrons. The van der Waals surface area contributed by atoms with Crippen molar-refractivity contribution in [2.45, 2.75) is 27.7 Å². The molecule has 0 saturated carbocycles. The summed E-state index contributed by atoms with van der Waals surface area (Å²) in [5.74, 6) is 0. The minimum atomic E-state index is 0. The Bertz CT molecular complexity index is 265. The van der Waals surface area contributed by atoms with Crippen LogP contribution in [-0.2, 0) is 22.3 Å². The van der Waals surface area contributed by atoms with E-state index in [1.165, 1.54) is 27.7 Å². The molecule has 1 radical (unpaired) electrons. The average Bonchev–Trinajstić information content (AvgIpc) is 2.35. The van der Waals surface area contributed by atoms with Gasteiger partial charge in [-0.15, -0.1) is 0 Å². The van der Waals surface area contributed by atoms with Crippen LogP contribution in [0.2, 0.25) is 0 Å². The molecule has 0 saturated heterocycles. The molecule has 0 aliphatic carbocycles. The van der Waals surface area contributed by atoms with Gasteiger partial charge in [-0.05, 0) is 27.7 Å². The second-order valence-electron chi connectivity index (χ2n) is 2.74. The first-order valence-electron chi connectivity index (χ1n) is 4.19. The van der Waals surface area contributed by atoms with Gasteiger partial charge in [0.15, 0.2) is 0 Å². The molecule has 0 spiro atoms. The van der Waals surface area contributed by atoms with Crippen molar-refractivity contribution in [3.63, 3.8) is 0 Å². The standard InChI is InChI=1S/2C4H8N2O2.CH3.Co.H2O/c2*1-3(5-7)4(2)6-8;;;/h2*7-8H,1-2H3;1H3;;1H2/q;;-1;;/p+1. The van der Waals surface area contributed by atoms with Crippen LogP contribution in [0.1, 0.15) is 27.7 Å². The second kappa shape index (κ2) is 18.7. The van der Waals surface area contributed by atoms with E-state index in [9.17, 15) is 0 Å². The van der Waals surface area contributed by atoms with Gasteiger partial charge in [-0.25, -0.2) is 0 Å². The van der Waals surface area contributed by atoms with Crippen molar-refractivity contribution in [2.75, 3.05) is 0 Å². The zero-order chi connectivity index (χ0) is 13.1. The quantitative estimate of drug-likeness (QED) is 0.195. The van der Waals surface area contributed by atoms with Crippen molar-refractivity contribution >= 4 is 22.8 Å². The predicted molar refractivity (Wildman–Crippen MR) is 70.9 cm³/mol. The molecule has 0 atom stereocenters. The molecule has 0 rings (SSSR count).